The molecule has 70 valence electrons. The lowest BCUT2D eigenvalue weighted by atomic mass is 10.2. The molecule has 1 N–H and O–H groups in total. The lowest BCUT2D eigenvalue weighted by Crippen LogP contribution is -2.19. The minimum Gasteiger partial charge on any atom is -0.480 e. The number of rotatable bonds is 4. The number of carboxylic acid groups (broad SMARTS) is 1. The Hall–Kier alpha value is -1.58. The quantitative estimate of drug-likeness (QED) is 0.713. The van der Waals surface area contributed by atoms with Gasteiger partial charge in [-0.3, -0.25) is 4.79 Å². The molecule has 0 bridgehead atoms. The first-order valence-corrected chi connectivity index (χ1v) is 4.05. The lowest BCUT2D eigenvalue weighted by Gasteiger charge is -2.13. The van der Waals surface area contributed by atoms with Gasteiger partial charge in [-0.1, -0.05) is 6.92 Å². The van der Waals surface area contributed by atoms with Gasteiger partial charge in [0.25, 0.3) is 0 Å². The zero-order chi connectivity index (χ0) is 9.84. The van der Waals surface area contributed by atoms with E-state index in [4.69, 9.17) is 5.11 Å². The molecule has 1 aromatic rings. The second-order valence-electron chi connectivity index (χ2n) is 2.72. The number of aldehydes is 1. The highest BCUT2D eigenvalue weighted by atomic mass is 16.4. The molecule has 0 spiro atoms. The predicted octanol–water partition coefficient (Wildman–Crippen LogP) is 1.34. The number of carboxylic acids is 1. The van der Waals surface area contributed by atoms with Gasteiger partial charge in [0.05, 0.1) is 5.69 Å². The second kappa shape index (κ2) is 3.89. The number of aromatic nitrogens is 1. The van der Waals surface area contributed by atoms with Gasteiger partial charge in [0, 0.05) is 6.20 Å². The lowest BCUT2D eigenvalue weighted by molar-refractivity contribution is -0.141. The first-order chi connectivity index (χ1) is 6.20. The number of hydrogen-bond donors (Lipinski definition) is 1. The van der Waals surface area contributed by atoms with Crippen LogP contribution in [0.2, 0.25) is 0 Å². The van der Waals surface area contributed by atoms with E-state index < -0.39 is 12.0 Å². The van der Waals surface area contributed by atoms with Crippen molar-refractivity contribution in [3.05, 3.63) is 24.0 Å². The fourth-order valence-electron chi connectivity index (χ4n) is 1.28. The molecular weight excluding hydrogens is 170 g/mol. The van der Waals surface area contributed by atoms with Crippen molar-refractivity contribution < 1.29 is 14.7 Å². The van der Waals surface area contributed by atoms with E-state index >= 15 is 0 Å². The average molecular weight is 181 g/mol. The van der Waals surface area contributed by atoms with Crippen molar-refractivity contribution in [1.29, 1.82) is 0 Å². The van der Waals surface area contributed by atoms with Crippen LogP contribution in [0.3, 0.4) is 0 Å². The fourth-order valence-corrected chi connectivity index (χ4v) is 1.28. The van der Waals surface area contributed by atoms with Crippen LogP contribution in [0.4, 0.5) is 0 Å². The highest BCUT2D eigenvalue weighted by molar-refractivity contribution is 5.76. The summed E-state index contributed by atoms with van der Waals surface area (Å²) in [5, 5.41) is 8.83. The highest BCUT2D eigenvalue weighted by Crippen LogP contribution is 2.14. The summed E-state index contributed by atoms with van der Waals surface area (Å²) in [7, 11) is 0. The minimum absolute atomic E-state index is 0.397. The molecule has 0 aromatic carbocycles. The largest absolute Gasteiger partial charge is 0.480 e. The van der Waals surface area contributed by atoms with Crippen molar-refractivity contribution in [2.24, 2.45) is 0 Å². The number of nitrogens with zero attached hydrogens (tertiary/aromatic N) is 1. The molecule has 0 aliphatic carbocycles. The molecule has 0 radical (unpaired) electrons. The van der Waals surface area contributed by atoms with Crippen LogP contribution < -0.4 is 0 Å². The molecule has 1 atom stereocenters. The SMILES string of the molecule is CC[C@@H](C(=O)O)n1cccc1C=O. The predicted molar refractivity (Wildman–Crippen MR) is 46.8 cm³/mol. The van der Waals surface area contributed by atoms with Gasteiger partial charge < -0.3 is 9.67 Å². The molecule has 0 amide bonds. The van der Waals surface area contributed by atoms with Gasteiger partial charge in [-0.25, -0.2) is 4.79 Å². The number of hydrogen-bond acceptors (Lipinski definition) is 2. The van der Waals surface area contributed by atoms with Gasteiger partial charge in [0.1, 0.15) is 6.04 Å². The number of aliphatic carboxylic acids is 1. The average Bonchev–Trinajstić information content (AvgIpc) is 2.53. The molecule has 0 aliphatic rings. The monoisotopic (exact) mass is 181 g/mol. The third-order valence-electron chi connectivity index (χ3n) is 1.94. The summed E-state index contributed by atoms with van der Waals surface area (Å²) >= 11 is 0. The van der Waals surface area contributed by atoms with Crippen LogP contribution in [-0.4, -0.2) is 21.9 Å². The number of carbonyl (C=O) groups excluding carboxylic acids is 1. The van der Waals surface area contributed by atoms with Gasteiger partial charge in [-0.15, -0.1) is 0 Å². The summed E-state index contributed by atoms with van der Waals surface area (Å²) < 4.78 is 1.47. The first-order valence-electron chi connectivity index (χ1n) is 4.05. The maximum Gasteiger partial charge on any atom is 0.326 e. The zero-order valence-corrected chi connectivity index (χ0v) is 7.30. The Bertz CT molecular complexity index is 316. The summed E-state index contributed by atoms with van der Waals surface area (Å²) in [6.45, 7) is 1.77. The molecule has 0 saturated heterocycles. The van der Waals surface area contributed by atoms with E-state index in [0.29, 0.717) is 18.4 Å². The Kier molecular flexibility index (Phi) is 2.84. The Labute approximate surface area is 75.8 Å². The second-order valence-corrected chi connectivity index (χ2v) is 2.72. The fraction of sp³-hybridized carbons (Fsp3) is 0.333. The van der Waals surface area contributed by atoms with E-state index in [1.54, 1.807) is 25.3 Å². The Morgan fingerprint density at radius 1 is 1.77 bits per heavy atom. The van der Waals surface area contributed by atoms with Crippen LogP contribution in [0.5, 0.6) is 0 Å². The maximum absolute atomic E-state index is 10.8. The van der Waals surface area contributed by atoms with E-state index in [-0.39, 0.29) is 0 Å². The van der Waals surface area contributed by atoms with E-state index in [1.807, 2.05) is 0 Å². The molecule has 1 heterocycles. The summed E-state index contributed by atoms with van der Waals surface area (Å²) in [5.41, 5.74) is 0.397. The van der Waals surface area contributed by atoms with Crippen LogP contribution in [0.15, 0.2) is 18.3 Å². The normalized spacial score (nSPS) is 12.4. The Morgan fingerprint density at radius 3 is 2.92 bits per heavy atom. The van der Waals surface area contributed by atoms with Crippen LogP contribution in [-0.2, 0) is 4.79 Å². The van der Waals surface area contributed by atoms with Crippen molar-refractivity contribution in [3.8, 4) is 0 Å². The van der Waals surface area contributed by atoms with Crippen LogP contribution in [0.1, 0.15) is 29.9 Å². The maximum atomic E-state index is 10.8. The van der Waals surface area contributed by atoms with Crippen molar-refractivity contribution in [2.75, 3.05) is 0 Å². The van der Waals surface area contributed by atoms with Gasteiger partial charge in [0.2, 0.25) is 0 Å². The van der Waals surface area contributed by atoms with Crippen LogP contribution >= 0.6 is 0 Å². The van der Waals surface area contributed by atoms with Gasteiger partial charge in [-0.2, -0.15) is 0 Å². The highest BCUT2D eigenvalue weighted by Gasteiger charge is 2.18. The molecule has 4 heteroatoms. The van der Waals surface area contributed by atoms with Gasteiger partial charge in [0.15, 0.2) is 6.29 Å². The summed E-state index contributed by atoms with van der Waals surface area (Å²) in [5.74, 6) is -0.915. The minimum atomic E-state index is -0.915. The van der Waals surface area contributed by atoms with Crippen molar-refractivity contribution in [2.45, 2.75) is 19.4 Å². The summed E-state index contributed by atoms with van der Waals surface area (Å²) in [4.78, 5) is 21.3. The molecule has 0 aliphatic heterocycles. The van der Waals surface area contributed by atoms with Crippen LogP contribution in [0.25, 0.3) is 0 Å². The van der Waals surface area contributed by atoms with Crippen molar-refractivity contribution in [1.82, 2.24) is 4.57 Å². The molecule has 13 heavy (non-hydrogen) atoms. The summed E-state index contributed by atoms with van der Waals surface area (Å²) in [6.07, 6.45) is 2.72. The van der Waals surface area contributed by atoms with Crippen molar-refractivity contribution in [3.63, 3.8) is 0 Å². The standard InChI is InChI=1S/C9H11NO3/c1-2-8(9(12)13)10-5-3-4-7(10)6-11/h3-6,8H,2H2,1H3,(H,12,13)/t8-/m0/s1. The third-order valence-corrected chi connectivity index (χ3v) is 1.94. The van der Waals surface area contributed by atoms with Crippen molar-refractivity contribution >= 4 is 12.3 Å². The van der Waals surface area contributed by atoms with Gasteiger partial charge >= 0.3 is 5.97 Å². The summed E-state index contributed by atoms with van der Waals surface area (Å²) in [6, 6.07) is 2.61. The van der Waals surface area contributed by atoms with Crippen LogP contribution in [0, 0.1) is 0 Å². The van der Waals surface area contributed by atoms with E-state index in [9.17, 15) is 9.59 Å². The van der Waals surface area contributed by atoms with E-state index in [1.165, 1.54) is 4.57 Å². The molecule has 1 aromatic heterocycles. The Balaban J connectivity index is 3.03. The molecule has 4 nitrogen and oxygen atoms in total. The molecule has 0 fully saturated rings. The Morgan fingerprint density at radius 2 is 2.46 bits per heavy atom. The topological polar surface area (TPSA) is 59.3 Å². The van der Waals surface area contributed by atoms with E-state index in [2.05, 4.69) is 0 Å². The molecule has 1 rings (SSSR count). The zero-order valence-electron chi connectivity index (χ0n) is 7.30. The van der Waals surface area contributed by atoms with E-state index in [0.717, 1.165) is 0 Å². The van der Waals surface area contributed by atoms with Gasteiger partial charge in [-0.05, 0) is 18.6 Å². The first kappa shape index (κ1) is 9.51. The number of carbonyl (C=O) groups is 2. The third kappa shape index (κ3) is 1.77. The molecular formula is C9H11NO3. The smallest absolute Gasteiger partial charge is 0.326 e. The molecule has 0 unspecified atom stereocenters. The molecule has 0 saturated carbocycles.